The van der Waals surface area contributed by atoms with Gasteiger partial charge in [-0.25, -0.2) is 9.97 Å². The Balaban J connectivity index is 1.51. The highest BCUT2D eigenvalue weighted by Crippen LogP contribution is 2.34. The van der Waals surface area contributed by atoms with Gasteiger partial charge in [0.25, 0.3) is 0 Å². The minimum atomic E-state index is -4.65. The number of aromatic amines is 1. The Morgan fingerprint density at radius 1 is 1.24 bits per heavy atom. The number of rotatable bonds is 5. The fourth-order valence-corrected chi connectivity index (χ4v) is 4.02. The molecule has 0 spiro atoms. The monoisotopic (exact) mass is 457 g/mol. The SMILES string of the molecule is Cc1cc(-n2c(C(F)(F)F)nc3ccc(C=CCOC4CCCCO4)nc32)cc2cn[nH]c12. The first kappa shape index (κ1) is 21.6. The molecule has 3 aromatic heterocycles. The third-order valence-electron chi connectivity index (χ3n) is 5.57. The number of nitrogens with zero attached hydrogens (tertiary/aromatic N) is 4. The Bertz CT molecular complexity index is 1320. The topological polar surface area (TPSA) is 77.8 Å². The van der Waals surface area contributed by atoms with Gasteiger partial charge in [0.1, 0.15) is 5.52 Å². The highest BCUT2D eigenvalue weighted by atomic mass is 19.4. The quantitative estimate of drug-likeness (QED) is 0.447. The van der Waals surface area contributed by atoms with Gasteiger partial charge in [0.05, 0.1) is 29.7 Å². The lowest BCUT2D eigenvalue weighted by Crippen LogP contribution is -2.22. The van der Waals surface area contributed by atoms with Gasteiger partial charge in [-0.2, -0.15) is 18.3 Å². The molecule has 7 nitrogen and oxygen atoms in total. The molecule has 0 aliphatic carbocycles. The maximum atomic E-state index is 13.9. The number of halogens is 3. The number of alkyl halides is 3. The molecule has 10 heteroatoms. The van der Waals surface area contributed by atoms with Crippen LogP contribution in [0.15, 0.2) is 36.5 Å². The molecule has 33 heavy (non-hydrogen) atoms. The van der Waals surface area contributed by atoms with Gasteiger partial charge in [-0.15, -0.1) is 0 Å². The van der Waals surface area contributed by atoms with E-state index in [-0.39, 0.29) is 17.5 Å². The normalized spacial score (nSPS) is 17.5. The Morgan fingerprint density at radius 3 is 2.91 bits per heavy atom. The number of nitrogens with one attached hydrogen (secondary N) is 1. The summed E-state index contributed by atoms with van der Waals surface area (Å²) in [4.78, 5) is 8.31. The molecule has 0 saturated carbocycles. The first-order valence-corrected chi connectivity index (χ1v) is 10.7. The Kier molecular flexibility index (Phi) is 5.63. The van der Waals surface area contributed by atoms with Gasteiger partial charge in [0.15, 0.2) is 11.9 Å². The van der Waals surface area contributed by atoms with E-state index in [1.165, 1.54) is 0 Å². The van der Waals surface area contributed by atoms with Crippen LogP contribution in [0.3, 0.4) is 0 Å². The summed E-state index contributed by atoms with van der Waals surface area (Å²) >= 11 is 0. The fourth-order valence-electron chi connectivity index (χ4n) is 4.02. The molecule has 1 fully saturated rings. The summed E-state index contributed by atoms with van der Waals surface area (Å²) in [7, 11) is 0. The summed E-state index contributed by atoms with van der Waals surface area (Å²) in [5.41, 5.74) is 2.66. The van der Waals surface area contributed by atoms with Crippen LogP contribution in [-0.4, -0.2) is 44.2 Å². The lowest BCUT2D eigenvalue weighted by molar-refractivity contribution is -0.155. The molecule has 0 radical (unpaired) electrons. The molecule has 0 bridgehead atoms. The van der Waals surface area contributed by atoms with Gasteiger partial charge in [-0.1, -0.05) is 6.08 Å². The van der Waals surface area contributed by atoms with Crippen molar-refractivity contribution in [2.24, 2.45) is 0 Å². The van der Waals surface area contributed by atoms with E-state index in [1.54, 1.807) is 42.6 Å². The molecule has 4 aromatic rings. The third kappa shape index (κ3) is 4.36. The summed E-state index contributed by atoms with van der Waals surface area (Å²) in [6, 6.07) is 6.49. The van der Waals surface area contributed by atoms with E-state index < -0.39 is 12.0 Å². The maximum Gasteiger partial charge on any atom is 0.450 e. The average molecular weight is 457 g/mol. The minimum absolute atomic E-state index is 0.128. The lowest BCUT2D eigenvalue weighted by atomic mass is 10.1. The summed E-state index contributed by atoms with van der Waals surface area (Å²) in [6.07, 6.45) is 3.19. The van der Waals surface area contributed by atoms with E-state index in [9.17, 15) is 13.2 Å². The van der Waals surface area contributed by atoms with Crippen LogP contribution < -0.4 is 0 Å². The van der Waals surface area contributed by atoms with Crippen LogP contribution in [0.25, 0.3) is 33.8 Å². The number of fused-ring (bicyclic) bond motifs is 2. The molecule has 1 atom stereocenters. The Morgan fingerprint density at radius 2 is 2.12 bits per heavy atom. The number of aromatic nitrogens is 5. The molecule has 1 aromatic carbocycles. The molecule has 5 rings (SSSR count). The van der Waals surface area contributed by atoms with Crippen molar-refractivity contribution in [1.29, 1.82) is 0 Å². The molecule has 1 aliphatic rings. The predicted octanol–water partition coefficient (Wildman–Crippen LogP) is 5.18. The van der Waals surface area contributed by atoms with Crippen LogP contribution in [0.4, 0.5) is 13.2 Å². The molecule has 1 saturated heterocycles. The average Bonchev–Trinajstić information content (AvgIpc) is 3.42. The molecular formula is C23H22F3N5O2. The standard InChI is InChI=1S/C23H22F3N5O2/c1-14-11-17(12-15-13-27-30-20(14)15)31-21-18(29-22(31)23(24,25)26)8-7-16(28-21)5-4-10-33-19-6-2-3-9-32-19/h4-5,7-8,11-13,19H,2-3,6,9-10H2,1H3,(H,27,30). The van der Waals surface area contributed by atoms with Gasteiger partial charge < -0.3 is 9.47 Å². The second-order valence-corrected chi connectivity index (χ2v) is 7.98. The number of hydrogen-bond donors (Lipinski definition) is 1. The highest BCUT2D eigenvalue weighted by molar-refractivity contribution is 5.85. The van der Waals surface area contributed by atoms with E-state index in [0.717, 1.165) is 34.9 Å². The highest BCUT2D eigenvalue weighted by Gasteiger charge is 2.38. The van der Waals surface area contributed by atoms with Gasteiger partial charge in [0, 0.05) is 12.0 Å². The van der Waals surface area contributed by atoms with E-state index in [0.29, 0.717) is 30.0 Å². The van der Waals surface area contributed by atoms with E-state index in [2.05, 4.69) is 20.2 Å². The largest absolute Gasteiger partial charge is 0.450 e. The van der Waals surface area contributed by atoms with Crippen molar-refractivity contribution in [3.63, 3.8) is 0 Å². The van der Waals surface area contributed by atoms with Gasteiger partial charge >= 0.3 is 6.18 Å². The van der Waals surface area contributed by atoms with Crippen LogP contribution in [0.1, 0.15) is 36.3 Å². The number of H-pyrrole nitrogens is 1. The van der Waals surface area contributed by atoms with Crippen LogP contribution in [0.5, 0.6) is 0 Å². The molecule has 172 valence electrons. The summed E-state index contributed by atoms with van der Waals surface area (Å²) in [5.74, 6) is -1.02. The summed E-state index contributed by atoms with van der Waals surface area (Å²) in [6.45, 7) is 2.84. The number of benzene rings is 1. The summed E-state index contributed by atoms with van der Waals surface area (Å²) in [5, 5.41) is 7.56. The van der Waals surface area contributed by atoms with Gasteiger partial charge in [0.2, 0.25) is 5.82 Å². The number of imidazole rings is 1. The van der Waals surface area contributed by atoms with E-state index in [1.807, 2.05) is 6.92 Å². The molecule has 4 heterocycles. The second kappa shape index (κ2) is 8.60. The van der Waals surface area contributed by atoms with Crippen molar-refractivity contribution in [3.8, 4) is 5.69 Å². The Labute approximate surface area is 187 Å². The zero-order valence-corrected chi connectivity index (χ0v) is 17.9. The molecule has 0 amide bonds. The predicted molar refractivity (Wildman–Crippen MR) is 117 cm³/mol. The van der Waals surface area contributed by atoms with Gasteiger partial charge in [-0.05, 0) is 62.1 Å². The number of pyridine rings is 1. The van der Waals surface area contributed by atoms with Crippen LogP contribution >= 0.6 is 0 Å². The van der Waals surface area contributed by atoms with Crippen molar-refractivity contribution in [1.82, 2.24) is 24.7 Å². The van der Waals surface area contributed by atoms with Gasteiger partial charge in [-0.3, -0.25) is 9.67 Å². The van der Waals surface area contributed by atoms with Crippen LogP contribution in [0.2, 0.25) is 0 Å². The summed E-state index contributed by atoms with van der Waals surface area (Å²) < 4.78 is 53.9. The first-order valence-electron chi connectivity index (χ1n) is 10.7. The zero-order valence-electron chi connectivity index (χ0n) is 17.9. The number of hydrogen-bond acceptors (Lipinski definition) is 5. The van der Waals surface area contributed by atoms with Crippen LogP contribution in [0, 0.1) is 6.92 Å². The fraction of sp³-hybridized carbons (Fsp3) is 0.348. The van der Waals surface area contributed by atoms with Crippen molar-refractivity contribution in [3.05, 3.63) is 53.6 Å². The molecule has 1 unspecified atom stereocenters. The van der Waals surface area contributed by atoms with E-state index >= 15 is 0 Å². The third-order valence-corrected chi connectivity index (χ3v) is 5.57. The number of aryl methyl sites for hydroxylation is 1. The zero-order chi connectivity index (χ0) is 23.0. The molecule has 1 N–H and O–H groups in total. The van der Waals surface area contributed by atoms with Crippen LogP contribution in [-0.2, 0) is 15.7 Å². The van der Waals surface area contributed by atoms with E-state index in [4.69, 9.17) is 9.47 Å². The smallest absolute Gasteiger partial charge is 0.353 e. The minimum Gasteiger partial charge on any atom is -0.353 e. The van der Waals surface area contributed by atoms with Crippen molar-refractivity contribution >= 4 is 28.1 Å². The second-order valence-electron chi connectivity index (χ2n) is 7.98. The molecule has 1 aliphatic heterocycles. The first-order chi connectivity index (χ1) is 15.9. The molecular weight excluding hydrogens is 435 g/mol. The lowest BCUT2D eigenvalue weighted by Gasteiger charge is -2.21. The van der Waals surface area contributed by atoms with Crippen molar-refractivity contribution in [2.45, 2.75) is 38.7 Å². The van der Waals surface area contributed by atoms with Crippen molar-refractivity contribution in [2.75, 3.05) is 13.2 Å². The maximum absolute atomic E-state index is 13.9. The Hall–Kier alpha value is -3.24. The van der Waals surface area contributed by atoms with Crippen molar-refractivity contribution < 1.29 is 22.6 Å². The number of ether oxygens (including phenoxy) is 2.